The number of benzene rings is 2. The summed E-state index contributed by atoms with van der Waals surface area (Å²) in [5.41, 5.74) is 2.06. The average molecular weight is 497 g/mol. The van der Waals surface area contributed by atoms with Gasteiger partial charge < -0.3 is 20.1 Å². The van der Waals surface area contributed by atoms with E-state index in [1.54, 1.807) is 11.8 Å². The molecule has 2 N–H and O–H groups in total. The smallest absolute Gasteiger partial charge is 0.227 e. The minimum absolute atomic E-state index is 0.00295. The number of ether oxygens (including phenoxy) is 1. The molecule has 35 heavy (non-hydrogen) atoms. The van der Waals surface area contributed by atoms with E-state index < -0.39 is 0 Å². The molecular weight excluding hydrogens is 464 g/mol. The number of nitrogens with zero attached hydrogens (tertiary/aromatic N) is 3. The fourth-order valence-corrected chi connectivity index (χ4v) is 5.37. The van der Waals surface area contributed by atoms with Crippen LogP contribution in [0.25, 0.3) is 0 Å². The highest BCUT2D eigenvalue weighted by Crippen LogP contribution is 2.40. The molecule has 0 radical (unpaired) electrons. The predicted molar refractivity (Wildman–Crippen MR) is 136 cm³/mol. The van der Waals surface area contributed by atoms with Crippen molar-refractivity contribution in [1.82, 2.24) is 15.1 Å². The Balaban J connectivity index is 1.56. The van der Waals surface area contributed by atoms with Crippen molar-refractivity contribution in [2.75, 3.05) is 52.5 Å². The first-order chi connectivity index (χ1) is 17.0. The molecule has 9 heteroatoms. The average Bonchev–Trinajstić information content (AvgIpc) is 3.02. The third-order valence-corrected chi connectivity index (χ3v) is 7.19. The van der Waals surface area contributed by atoms with E-state index in [9.17, 15) is 9.59 Å². The Bertz CT molecular complexity index is 1080. The first-order valence-corrected chi connectivity index (χ1v) is 12.8. The lowest BCUT2D eigenvalue weighted by molar-refractivity contribution is -0.127. The Hall–Kier alpha value is -2.72. The van der Waals surface area contributed by atoms with Crippen LogP contribution in [0.5, 0.6) is 0 Å². The number of fused-ring (bicyclic) bond motifs is 2. The predicted octanol–water partition coefficient (Wildman–Crippen LogP) is 2.32. The number of aliphatic hydroxyl groups excluding tert-OH is 1. The number of aliphatic hydroxyl groups is 1. The summed E-state index contributed by atoms with van der Waals surface area (Å²) in [5.74, 6) is 0.533. The minimum Gasteiger partial charge on any atom is -0.394 e. The van der Waals surface area contributed by atoms with Gasteiger partial charge in [0.2, 0.25) is 5.91 Å². The summed E-state index contributed by atoms with van der Waals surface area (Å²) in [6.07, 6.45) is -0.107. The number of piperazine rings is 1. The Morgan fingerprint density at radius 3 is 2.69 bits per heavy atom. The number of para-hydroxylation sites is 1. The molecule has 1 amide bonds. The number of Topliss-reactive ketones (excluding diaryl/α,β-unsaturated/α-hetero) is 1. The summed E-state index contributed by atoms with van der Waals surface area (Å²) >= 11 is 1.73. The maximum absolute atomic E-state index is 12.2. The molecular formula is C26H32N4O4S. The highest BCUT2D eigenvalue weighted by molar-refractivity contribution is 7.99. The number of carbonyl (C=O) groups is 2. The monoisotopic (exact) mass is 496 g/mol. The summed E-state index contributed by atoms with van der Waals surface area (Å²) in [4.78, 5) is 35.5. The van der Waals surface area contributed by atoms with Gasteiger partial charge in [0.15, 0.2) is 0 Å². The minimum atomic E-state index is -0.256. The van der Waals surface area contributed by atoms with Gasteiger partial charge in [0.1, 0.15) is 11.6 Å². The zero-order chi connectivity index (χ0) is 24.6. The van der Waals surface area contributed by atoms with Crippen LogP contribution < -0.4 is 5.32 Å². The molecule has 1 saturated heterocycles. The molecule has 2 aliphatic heterocycles. The summed E-state index contributed by atoms with van der Waals surface area (Å²) in [6, 6.07) is 16.5. The zero-order valence-corrected chi connectivity index (χ0v) is 20.8. The molecule has 2 aromatic carbocycles. The molecule has 8 nitrogen and oxygen atoms in total. The van der Waals surface area contributed by atoms with E-state index in [1.165, 1.54) is 11.8 Å². The number of carbonyl (C=O) groups excluding carboxylic acids is 2. The SMILES string of the molecule is CC(=O)CC(=O)NCC1CN(C2=Nc3ccccc3Sc3ccccc32)CCN1CCOCCO. The molecule has 1 fully saturated rings. The van der Waals surface area contributed by atoms with Gasteiger partial charge in [-0.25, -0.2) is 4.99 Å². The van der Waals surface area contributed by atoms with E-state index in [0.29, 0.717) is 32.8 Å². The van der Waals surface area contributed by atoms with Gasteiger partial charge in [-0.05, 0) is 25.1 Å². The number of hydrogen-bond acceptors (Lipinski definition) is 8. The van der Waals surface area contributed by atoms with Crippen LogP contribution in [0.4, 0.5) is 5.69 Å². The van der Waals surface area contributed by atoms with Gasteiger partial charge in [-0.1, -0.05) is 42.1 Å². The second kappa shape index (κ2) is 12.3. The zero-order valence-electron chi connectivity index (χ0n) is 20.0. The van der Waals surface area contributed by atoms with Crippen LogP contribution >= 0.6 is 11.8 Å². The summed E-state index contributed by atoms with van der Waals surface area (Å²) in [6.45, 7) is 5.62. The third-order valence-electron chi connectivity index (χ3n) is 6.05. The van der Waals surface area contributed by atoms with Crippen LogP contribution in [-0.4, -0.2) is 91.0 Å². The van der Waals surface area contributed by atoms with Crippen molar-refractivity contribution in [1.29, 1.82) is 0 Å². The molecule has 4 rings (SSSR count). The largest absolute Gasteiger partial charge is 0.394 e. The van der Waals surface area contributed by atoms with Crippen molar-refractivity contribution in [3.05, 3.63) is 54.1 Å². The van der Waals surface area contributed by atoms with E-state index in [2.05, 4.69) is 39.4 Å². The van der Waals surface area contributed by atoms with Crippen molar-refractivity contribution in [2.45, 2.75) is 29.2 Å². The lowest BCUT2D eigenvalue weighted by Gasteiger charge is -2.42. The summed E-state index contributed by atoms with van der Waals surface area (Å²) < 4.78 is 5.49. The quantitative estimate of drug-likeness (QED) is 0.406. The molecule has 0 aromatic heterocycles. The van der Waals surface area contributed by atoms with Gasteiger partial charge in [-0.15, -0.1) is 0 Å². The lowest BCUT2D eigenvalue weighted by atomic mass is 10.1. The molecule has 186 valence electrons. The number of hydrogen-bond donors (Lipinski definition) is 2. The molecule has 1 atom stereocenters. The molecule has 0 aliphatic carbocycles. The standard InChI is InChI=1S/C26H32N4O4S/c1-19(32)16-25(33)27-17-20-18-30(11-10-29(20)12-14-34-15-13-31)26-21-6-2-4-8-23(21)35-24-9-5-3-7-22(24)28-26/h2-9,20,31H,10-18H2,1H3,(H,27,33). The first kappa shape index (κ1) is 25.4. The third kappa shape index (κ3) is 6.70. The van der Waals surface area contributed by atoms with Crippen LogP contribution in [0.15, 0.2) is 63.3 Å². The molecule has 2 aromatic rings. The van der Waals surface area contributed by atoms with Crippen LogP contribution in [0.1, 0.15) is 18.9 Å². The number of amides is 1. The normalized spacial score (nSPS) is 17.7. The first-order valence-electron chi connectivity index (χ1n) is 11.9. The van der Waals surface area contributed by atoms with Gasteiger partial charge in [0.25, 0.3) is 0 Å². The number of rotatable bonds is 9. The molecule has 0 spiro atoms. The van der Waals surface area contributed by atoms with E-state index in [0.717, 1.165) is 35.1 Å². The topological polar surface area (TPSA) is 94.5 Å². The number of aliphatic imine (C=N–C) groups is 1. The van der Waals surface area contributed by atoms with Crippen LogP contribution in [0.3, 0.4) is 0 Å². The maximum Gasteiger partial charge on any atom is 0.227 e. The van der Waals surface area contributed by atoms with Crippen molar-refractivity contribution < 1.29 is 19.4 Å². The van der Waals surface area contributed by atoms with Crippen molar-refractivity contribution in [2.24, 2.45) is 4.99 Å². The van der Waals surface area contributed by atoms with Crippen LogP contribution in [0, 0.1) is 0 Å². The second-order valence-corrected chi connectivity index (χ2v) is 9.74. The molecule has 0 saturated carbocycles. The number of ketones is 1. The molecule has 2 aliphatic rings. The Morgan fingerprint density at radius 1 is 1.11 bits per heavy atom. The van der Waals surface area contributed by atoms with Crippen molar-refractivity contribution in [3.8, 4) is 0 Å². The Labute approximate surface area is 210 Å². The van der Waals surface area contributed by atoms with E-state index in [1.807, 2.05) is 24.3 Å². The molecule has 0 bridgehead atoms. The maximum atomic E-state index is 12.2. The van der Waals surface area contributed by atoms with Gasteiger partial charge in [0, 0.05) is 54.1 Å². The summed E-state index contributed by atoms with van der Waals surface area (Å²) in [7, 11) is 0. The highest BCUT2D eigenvalue weighted by atomic mass is 32.2. The van der Waals surface area contributed by atoms with Gasteiger partial charge in [-0.3, -0.25) is 14.5 Å². The van der Waals surface area contributed by atoms with Gasteiger partial charge >= 0.3 is 0 Å². The lowest BCUT2D eigenvalue weighted by Crippen LogP contribution is -2.59. The van der Waals surface area contributed by atoms with Gasteiger partial charge in [0.05, 0.1) is 31.9 Å². The fraction of sp³-hybridized carbons (Fsp3) is 0.423. The fourth-order valence-electron chi connectivity index (χ4n) is 4.35. The van der Waals surface area contributed by atoms with Crippen molar-refractivity contribution >= 4 is 35.0 Å². The molecule has 1 unspecified atom stereocenters. The van der Waals surface area contributed by atoms with Crippen LogP contribution in [0.2, 0.25) is 0 Å². The van der Waals surface area contributed by atoms with Crippen LogP contribution in [-0.2, 0) is 14.3 Å². The van der Waals surface area contributed by atoms with Crippen molar-refractivity contribution in [3.63, 3.8) is 0 Å². The van der Waals surface area contributed by atoms with E-state index in [4.69, 9.17) is 14.8 Å². The second-order valence-electron chi connectivity index (χ2n) is 8.66. The summed E-state index contributed by atoms with van der Waals surface area (Å²) in [5, 5.41) is 11.9. The number of amidine groups is 1. The van der Waals surface area contributed by atoms with E-state index in [-0.39, 0.29) is 30.8 Å². The molecule has 2 heterocycles. The Morgan fingerprint density at radius 2 is 1.89 bits per heavy atom. The highest BCUT2D eigenvalue weighted by Gasteiger charge is 2.31. The Kier molecular flexibility index (Phi) is 8.92. The van der Waals surface area contributed by atoms with Gasteiger partial charge in [-0.2, -0.15) is 0 Å². The van der Waals surface area contributed by atoms with E-state index >= 15 is 0 Å². The number of nitrogens with one attached hydrogen (secondary N) is 1.